The highest BCUT2D eigenvalue weighted by Gasteiger charge is 2.28. The minimum absolute atomic E-state index is 0.00504. The Bertz CT molecular complexity index is 556. The van der Waals surface area contributed by atoms with Gasteiger partial charge >= 0.3 is 0 Å². The van der Waals surface area contributed by atoms with Crippen molar-refractivity contribution in [1.82, 2.24) is 0 Å². The molecule has 1 aliphatic heterocycles. The largest absolute Gasteiger partial charge is 0.489 e. The summed E-state index contributed by atoms with van der Waals surface area (Å²) in [4.78, 5) is 0. The Morgan fingerprint density at radius 2 is 1.90 bits per heavy atom. The van der Waals surface area contributed by atoms with E-state index < -0.39 is 0 Å². The highest BCUT2D eigenvalue weighted by atomic mass is 16.5. The summed E-state index contributed by atoms with van der Waals surface area (Å²) >= 11 is 0. The van der Waals surface area contributed by atoms with E-state index >= 15 is 0 Å². The van der Waals surface area contributed by atoms with Crippen molar-refractivity contribution in [2.45, 2.75) is 19.1 Å². The Morgan fingerprint density at radius 3 is 2.70 bits per heavy atom. The molecule has 0 saturated heterocycles. The van der Waals surface area contributed by atoms with Crippen LogP contribution in [0, 0.1) is 0 Å². The summed E-state index contributed by atoms with van der Waals surface area (Å²) in [6.45, 7) is 3.31. The third-order valence-corrected chi connectivity index (χ3v) is 3.49. The van der Waals surface area contributed by atoms with Gasteiger partial charge in [-0.2, -0.15) is 0 Å². The molecule has 20 heavy (non-hydrogen) atoms. The van der Waals surface area contributed by atoms with Crippen molar-refractivity contribution in [3.05, 3.63) is 60.2 Å². The third-order valence-electron chi connectivity index (χ3n) is 3.49. The molecule has 0 bridgehead atoms. The molecule has 0 radical (unpaired) electrons. The molecule has 1 heterocycles. The molecule has 3 rings (SSSR count). The molecule has 0 spiro atoms. The number of rotatable bonds is 4. The predicted molar refractivity (Wildman–Crippen MR) is 80.2 cm³/mol. The van der Waals surface area contributed by atoms with Crippen LogP contribution < -0.4 is 10.1 Å². The van der Waals surface area contributed by atoms with Crippen LogP contribution in [0.2, 0.25) is 0 Å². The number of hydrogen-bond acceptors (Lipinski definition) is 3. The van der Waals surface area contributed by atoms with Crippen LogP contribution in [0.15, 0.2) is 54.6 Å². The van der Waals surface area contributed by atoms with E-state index in [4.69, 9.17) is 9.47 Å². The topological polar surface area (TPSA) is 30.5 Å². The van der Waals surface area contributed by atoms with Crippen molar-refractivity contribution in [3.8, 4) is 5.75 Å². The van der Waals surface area contributed by atoms with E-state index in [-0.39, 0.29) is 12.1 Å². The van der Waals surface area contributed by atoms with Crippen LogP contribution in [-0.4, -0.2) is 19.3 Å². The molecular formula is C17H19NO2. The second-order valence-corrected chi connectivity index (χ2v) is 4.84. The predicted octanol–water partition coefficient (Wildman–Crippen LogP) is 3.64. The van der Waals surface area contributed by atoms with Gasteiger partial charge in [-0.15, -0.1) is 0 Å². The maximum absolute atomic E-state index is 5.94. The van der Waals surface area contributed by atoms with E-state index in [9.17, 15) is 0 Å². The smallest absolute Gasteiger partial charge is 0.142 e. The number of nitrogens with one attached hydrogen (secondary N) is 1. The zero-order chi connectivity index (χ0) is 13.8. The summed E-state index contributed by atoms with van der Waals surface area (Å²) in [6, 6.07) is 18.4. The maximum Gasteiger partial charge on any atom is 0.142 e. The summed E-state index contributed by atoms with van der Waals surface area (Å²) in [5.41, 5.74) is 2.21. The molecule has 0 saturated carbocycles. The van der Waals surface area contributed by atoms with Crippen LogP contribution in [-0.2, 0) is 4.74 Å². The molecule has 2 unspecified atom stereocenters. The van der Waals surface area contributed by atoms with E-state index in [1.807, 2.05) is 49.4 Å². The van der Waals surface area contributed by atoms with Gasteiger partial charge in [0.05, 0.1) is 11.7 Å². The van der Waals surface area contributed by atoms with Gasteiger partial charge in [-0.05, 0) is 24.6 Å². The van der Waals surface area contributed by atoms with Crippen LogP contribution >= 0.6 is 0 Å². The summed E-state index contributed by atoms with van der Waals surface area (Å²) in [5, 5.41) is 3.53. The molecule has 2 aromatic rings. The highest BCUT2D eigenvalue weighted by molar-refractivity contribution is 5.58. The fraction of sp³-hybridized carbons (Fsp3) is 0.294. The number of para-hydroxylation sites is 2. The molecule has 0 aliphatic carbocycles. The second-order valence-electron chi connectivity index (χ2n) is 4.84. The lowest BCUT2D eigenvalue weighted by molar-refractivity contribution is 0.0340. The Balaban J connectivity index is 1.83. The van der Waals surface area contributed by atoms with Crippen LogP contribution in [0.3, 0.4) is 0 Å². The average molecular weight is 269 g/mol. The SMILES string of the molecule is CCOC(c1ccccc1)C1COc2ccccc2N1. The van der Waals surface area contributed by atoms with Gasteiger partial charge in [0.1, 0.15) is 18.5 Å². The monoisotopic (exact) mass is 269 g/mol. The molecule has 104 valence electrons. The summed E-state index contributed by atoms with van der Waals surface area (Å²) in [5.74, 6) is 0.909. The molecule has 3 nitrogen and oxygen atoms in total. The van der Waals surface area contributed by atoms with Crippen LogP contribution in [0.1, 0.15) is 18.6 Å². The first kappa shape index (κ1) is 13.0. The number of hydrogen-bond donors (Lipinski definition) is 1. The standard InChI is InChI=1S/C17H19NO2/c1-2-19-17(13-8-4-3-5-9-13)15-12-20-16-11-7-6-10-14(16)18-15/h3-11,15,17-18H,2,12H2,1H3. The van der Waals surface area contributed by atoms with Gasteiger partial charge < -0.3 is 14.8 Å². The Morgan fingerprint density at radius 1 is 1.15 bits per heavy atom. The lowest BCUT2D eigenvalue weighted by atomic mass is 10.0. The van der Waals surface area contributed by atoms with Crippen molar-refractivity contribution < 1.29 is 9.47 Å². The van der Waals surface area contributed by atoms with Crippen LogP contribution in [0.25, 0.3) is 0 Å². The normalized spacial score (nSPS) is 18.6. The van der Waals surface area contributed by atoms with Crippen molar-refractivity contribution >= 4 is 5.69 Å². The van der Waals surface area contributed by atoms with Gasteiger partial charge in [0.2, 0.25) is 0 Å². The third kappa shape index (κ3) is 2.63. The first-order valence-electron chi connectivity index (χ1n) is 7.03. The second kappa shape index (κ2) is 5.97. The molecule has 0 fully saturated rings. The van der Waals surface area contributed by atoms with E-state index in [0.717, 1.165) is 11.4 Å². The molecule has 1 N–H and O–H groups in total. The average Bonchev–Trinajstić information content (AvgIpc) is 2.53. The number of ether oxygens (including phenoxy) is 2. The number of fused-ring (bicyclic) bond motifs is 1. The minimum atomic E-state index is -0.00504. The van der Waals surface area contributed by atoms with Crippen LogP contribution in [0.4, 0.5) is 5.69 Å². The van der Waals surface area contributed by atoms with Gasteiger partial charge in [-0.25, -0.2) is 0 Å². The van der Waals surface area contributed by atoms with Crippen LogP contribution in [0.5, 0.6) is 5.75 Å². The van der Waals surface area contributed by atoms with Crippen molar-refractivity contribution in [1.29, 1.82) is 0 Å². The molecule has 1 aliphatic rings. The summed E-state index contributed by atoms with van der Waals surface area (Å²) in [6.07, 6.45) is -0.00504. The Hall–Kier alpha value is -2.00. The van der Waals surface area contributed by atoms with Gasteiger partial charge in [0, 0.05) is 6.61 Å². The highest BCUT2D eigenvalue weighted by Crippen LogP contribution is 2.33. The van der Waals surface area contributed by atoms with E-state index in [1.54, 1.807) is 0 Å². The minimum Gasteiger partial charge on any atom is -0.489 e. The van der Waals surface area contributed by atoms with E-state index in [2.05, 4.69) is 17.4 Å². The molecule has 2 atom stereocenters. The van der Waals surface area contributed by atoms with Crippen molar-refractivity contribution in [2.24, 2.45) is 0 Å². The van der Waals surface area contributed by atoms with E-state index in [0.29, 0.717) is 13.2 Å². The Kier molecular flexibility index (Phi) is 3.88. The first-order chi connectivity index (χ1) is 9.88. The fourth-order valence-electron chi connectivity index (χ4n) is 2.56. The molecule has 0 amide bonds. The van der Waals surface area contributed by atoms with Gasteiger partial charge in [-0.3, -0.25) is 0 Å². The molecular weight excluding hydrogens is 250 g/mol. The van der Waals surface area contributed by atoms with E-state index in [1.165, 1.54) is 5.56 Å². The lowest BCUT2D eigenvalue weighted by Crippen LogP contribution is -2.38. The zero-order valence-electron chi connectivity index (χ0n) is 11.6. The Labute approximate surface area is 119 Å². The molecule has 2 aromatic carbocycles. The van der Waals surface area contributed by atoms with Crippen molar-refractivity contribution in [2.75, 3.05) is 18.5 Å². The number of benzene rings is 2. The lowest BCUT2D eigenvalue weighted by Gasteiger charge is -2.33. The number of anilines is 1. The van der Waals surface area contributed by atoms with Gasteiger partial charge in [0.15, 0.2) is 0 Å². The van der Waals surface area contributed by atoms with Gasteiger partial charge in [0.25, 0.3) is 0 Å². The quantitative estimate of drug-likeness (QED) is 0.919. The van der Waals surface area contributed by atoms with Crippen molar-refractivity contribution in [3.63, 3.8) is 0 Å². The zero-order valence-corrected chi connectivity index (χ0v) is 11.6. The first-order valence-corrected chi connectivity index (χ1v) is 7.03. The molecule has 0 aromatic heterocycles. The van der Waals surface area contributed by atoms with Gasteiger partial charge in [-0.1, -0.05) is 42.5 Å². The maximum atomic E-state index is 5.94. The summed E-state index contributed by atoms with van der Waals surface area (Å²) < 4.78 is 11.8. The summed E-state index contributed by atoms with van der Waals surface area (Å²) in [7, 11) is 0. The fourth-order valence-corrected chi connectivity index (χ4v) is 2.56. The molecule has 3 heteroatoms.